The van der Waals surface area contributed by atoms with Gasteiger partial charge in [0.15, 0.2) is 17.8 Å². The van der Waals surface area contributed by atoms with E-state index in [1.807, 2.05) is 42.5 Å². The molecule has 6 rings (SSSR count). The van der Waals surface area contributed by atoms with Crippen molar-refractivity contribution in [3.63, 3.8) is 0 Å². The van der Waals surface area contributed by atoms with E-state index in [0.717, 1.165) is 90.2 Å². The van der Waals surface area contributed by atoms with Crippen LogP contribution >= 0.6 is 0 Å². The predicted molar refractivity (Wildman–Crippen MR) is 208 cm³/mol. The Morgan fingerprint density at radius 1 is 0.815 bits per heavy atom. The number of ether oxygens (including phenoxy) is 4. The lowest BCUT2D eigenvalue weighted by Crippen LogP contribution is -2.41. The highest BCUT2D eigenvalue weighted by Crippen LogP contribution is 2.40. The first-order valence-electron chi connectivity index (χ1n) is 19.0. The minimum Gasteiger partial charge on any atom is -0.493 e. The molecule has 3 atom stereocenters. The molecule has 3 N–H and O–H groups in total. The van der Waals surface area contributed by atoms with Gasteiger partial charge in [0.1, 0.15) is 0 Å². The molecule has 10 nitrogen and oxygen atoms in total. The van der Waals surface area contributed by atoms with Crippen molar-refractivity contribution in [1.29, 1.82) is 0 Å². The summed E-state index contributed by atoms with van der Waals surface area (Å²) in [6.07, 6.45) is 3.79. The van der Waals surface area contributed by atoms with Crippen molar-refractivity contribution in [3.8, 4) is 22.6 Å². The number of aliphatic hydroxyl groups excluding tert-OH is 1. The zero-order valence-corrected chi connectivity index (χ0v) is 31.6. The number of benzene rings is 4. The van der Waals surface area contributed by atoms with Gasteiger partial charge in [0.05, 0.1) is 33.0 Å². The summed E-state index contributed by atoms with van der Waals surface area (Å²) in [4.78, 5) is 26.0. The number of amides is 2. The molecule has 2 heterocycles. The fourth-order valence-corrected chi connectivity index (χ4v) is 7.28. The molecule has 2 amide bonds. The zero-order chi connectivity index (χ0) is 37.9. The van der Waals surface area contributed by atoms with E-state index in [1.54, 1.807) is 14.2 Å². The summed E-state index contributed by atoms with van der Waals surface area (Å²) < 4.78 is 24.6. The molecule has 2 aliphatic heterocycles. The summed E-state index contributed by atoms with van der Waals surface area (Å²) in [5, 5.41) is 15.5. The highest BCUT2D eigenvalue weighted by molar-refractivity contribution is 5.76. The third-order valence-corrected chi connectivity index (χ3v) is 10.2. The lowest BCUT2D eigenvalue weighted by atomic mass is 9.96. The number of hydrogen-bond acceptors (Lipinski definition) is 8. The summed E-state index contributed by atoms with van der Waals surface area (Å²) in [7, 11) is 3.34. The Labute approximate surface area is 318 Å². The van der Waals surface area contributed by atoms with E-state index in [0.29, 0.717) is 25.9 Å². The molecule has 0 aliphatic carbocycles. The second-order valence-electron chi connectivity index (χ2n) is 14.2. The molecule has 1 saturated heterocycles. The molecule has 286 valence electrons. The second kappa shape index (κ2) is 19.0. The average molecular weight is 736 g/mol. The van der Waals surface area contributed by atoms with Gasteiger partial charge in [-0.2, -0.15) is 0 Å². The van der Waals surface area contributed by atoms with Crippen molar-refractivity contribution in [1.82, 2.24) is 15.5 Å². The maximum atomic E-state index is 12.5. The van der Waals surface area contributed by atoms with E-state index < -0.39 is 6.29 Å². The highest BCUT2D eigenvalue weighted by Gasteiger charge is 2.34. The number of carbonyl (C=O) groups is 2. The largest absolute Gasteiger partial charge is 0.493 e. The lowest BCUT2D eigenvalue weighted by molar-refractivity contribution is -0.253. The van der Waals surface area contributed by atoms with E-state index in [9.17, 15) is 14.7 Å². The maximum Gasteiger partial charge on any atom is 0.220 e. The molecule has 10 heteroatoms. The topological polar surface area (TPSA) is 119 Å². The fourth-order valence-electron chi connectivity index (χ4n) is 7.28. The molecule has 0 radical (unpaired) electrons. The third kappa shape index (κ3) is 10.5. The first-order chi connectivity index (χ1) is 26.3. The summed E-state index contributed by atoms with van der Waals surface area (Å²) in [5.41, 5.74) is 8.48. The molecule has 1 fully saturated rings. The van der Waals surface area contributed by atoms with Crippen molar-refractivity contribution >= 4 is 11.8 Å². The predicted octanol–water partition coefficient (Wildman–Crippen LogP) is 6.78. The van der Waals surface area contributed by atoms with Crippen LogP contribution in [-0.4, -0.2) is 61.8 Å². The van der Waals surface area contributed by atoms with Gasteiger partial charge in [-0.1, -0.05) is 67.1 Å². The minimum absolute atomic E-state index is 0.00422. The number of fused-ring (bicyclic) bond motifs is 1. The van der Waals surface area contributed by atoms with Crippen molar-refractivity contribution in [2.75, 3.05) is 33.9 Å². The Hall–Kier alpha value is -4.74. The summed E-state index contributed by atoms with van der Waals surface area (Å²) in [5.74, 6) is 1.50. The van der Waals surface area contributed by atoms with Gasteiger partial charge in [-0.25, -0.2) is 0 Å². The van der Waals surface area contributed by atoms with Gasteiger partial charge in [-0.15, -0.1) is 0 Å². The molecule has 0 saturated carbocycles. The van der Waals surface area contributed by atoms with E-state index in [2.05, 4.69) is 58.0 Å². The Morgan fingerprint density at radius 3 is 2.30 bits per heavy atom. The third-order valence-electron chi connectivity index (χ3n) is 10.2. The number of aliphatic hydroxyl groups is 1. The van der Waals surface area contributed by atoms with Gasteiger partial charge >= 0.3 is 0 Å². The molecule has 54 heavy (non-hydrogen) atoms. The number of methoxy groups -OCH3 is 2. The molecule has 4 aromatic carbocycles. The Kier molecular flexibility index (Phi) is 13.7. The van der Waals surface area contributed by atoms with Crippen LogP contribution in [0.3, 0.4) is 0 Å². The van der Waals surface area contributed by atoms with Gasteiger partial charge in [-0.05, 0) is 82.5 Å². The van der Waals surface area contributed by atoms with Gasteiger partial charge < -0.3 is 34.7 Å². The second-order valence-corrected chi connectivity index (χ2v) is 14.2. The standard InChI is InChI=1S/C44H53N3O7/c1-30(49)45-19-6-4-5-13-43(50)46-26-32-9-7-10-34(21-32)35-11-8-12-37(22-35)44-53-39(25-40(54-44)33-16-14-31(29-48)15-17-33)28-47-20-18-36-23-41(51-2)42(52-3)24-38(36)27-47/h7-12,14-17,21-24,39-40,44,48H,4-6,13,18-20,25-29H2,1-3H3,(H,45,49)(H,46,50). The summed E-state index contributed by atoms with van der Waals surface area (Å²) in [6.45, 7) is 5.06. The van der Waals surface area contributed by atoms with E-state index in [4.69, 9.17) is 18.9 Å². The van der Waals surface area contributed by atoms with Crippen molar-refractivity contribution < 1.29 is 33.6 Å². The molecular weight excluding hydrogens is 682 g/mol. The van der Waals surface area contributed by atoms with Crippen LogP contribution in [0.5, 0.6) is 11.5 Å². The van der Waals surface area contributed by atoms with E-state index in [-0.39, 0.29) is 30.6 Å². The first-order valence-corrected chi connectivity index (χ1v) is 19.0. The van der Waals surface area contributed by atoms with Crippen LogP contribution < -0.4 is 20.1 Å². The monoisotopic (exact) mass is 735 g/mol. The van der Waals surface area contributed by atoms with Gasteiger partial charge in [0.25, 0.3) is 0 Å². The van der Waals surface area contributed by atoms with Crippen LogP contribution in [0.1, 0.15) is 84.8 Å². The van der Waals surface area contributed by atoms with Crippen LogP contribution in [0.4, 0.5) is 0 Å². The number of unbranched alkanes of at least 4 members (excludes halogenated alkanes) is 2. The maximum absolute atomic E-state index is 12.5. The van der Waals surface area contributed by atoms with Gasteiger partial charge in [-0.3, -0.25) is 14.5 Å². The van der Waals surface area contributed by atoms with Crippen molar-refractivity contribution in [2.45, 2.75) is 83.6 Å². The van der Waals surface area contributed by atoms with Crippen molar-refractivity contribution in [2.24, 2.45) is 0 Å². The van der Waals surface area contributed by atoms with Crippen LogP contribution in [-0.2, 0) is 45.2 Å². The normalized spacial score (nSPS) is 18.4. The lowest BCUT2D eigenvalue weighted by Gasteiger charge is -2.39. The average Bonchev–Trinajstić information content (AvgIpc) is 3.20. The highest BCUT2D eigenvalue weighted by atomic mass is 16.7. The van der Waals surface area contributed by atoms with Crippen molar-refractivity contribution in [3.05, 3.63) is 118 Å². The zero-order valence-electron chi connectivity index (χ0n) is 31.6. The SMILES string of the molecule is COc1cc2c(cc1OC)CN(CC1CC(c3ccc(CO)cc3)OC(c3cccc(-c4cccc(CNC(=O)CCCCCNC(C)=O)c4)c3)O1)CC2. The Balaban J connectivity index is 1.13. The van der Waals surface area contributed by atoms with E-state index in [1.165, 1.54) is 18.1 Å². The van der Waals surface area contributed by atoms with Crippen LogP contribution in [0.15, 0.2) is 84.9 Å². The fraction of sp³-hybridized carbons (Fsp3) is 0.409. The van der Waals surface area contributed by atoms with Crippen LogP contribution in [0.2, 0.25) is 0 Å². The molecule has 4 aromatic rings. The van der Waals surface area contributed by atoms with Crippen LogP contribution in [0.25, 0.3) is 11.1 Å². The number of rotatable bonds is 16. The van der Waals surface area contributed by atoms with Gasteiger partial charge in [0, 0.05) is 58.1 Å². The first kappa shape index (κ1) is 39.0. The number of nitrogens with zero attached hydrogens (tertiary/aromatic N) is 1. The minimum atomic E-state index is -0.576. The summed E-state index contributed by atoms with van der Waals surface area (Å²) >= 11 is 0. The number of nitrogens with one attached hydrogen (secondary N) is 2. The molecule has 3 unspecified atom stereocenters. The smallest absolute Gasteiger partial charge is 0.220 e. The molecule has 2 aliphatic rings. The molecular formula is C44H53N3O7. The molecule has 0 bridgehead atoms. The summed E-state index contributed by atoms with van der Waals surface area (Å²) in [6, 6.07) is 28.7. The number of carbonyl (C=O) groups excluding carboxylic acids is 2. The van der Waals surface area contributed by atoms with Gasteiger partial charge in [0.2, 0.25) is 11.8 Å². The van der Waals surface area contributed by atoms with Crippen LogP contribution in [0, 0.1) is 0 Å². The Morgan fingerprint density at radius 2 is 1.56 bits per heavy atom. The Bertz CT molecular complexity index is 1860. The quantitative estimate of drug-likeness (QED) is 0.108. The number of hydrogen-bond donors (Lipinski definition) is 3. The molecule has 0 spiro atoms. The molecule has 0 aromatic heterocycles. The van der Waals surface area contributed by atoms with E-state index >= 15 is 0 Å².